The number of nitrogens with zero attached hydrogens (tertiary/aromatic N) is 1. The zero-order chi connectivity index (χ0) is 15.8. The van der Waals surface area contributed by atoms with Gasteiger partial charge < -0.3 is 20.7 Å². The van der Waals surface area contributed by atoms with Gasteiger partial charge >= 0.3 is 0 Å². The molecule has 1 amide bonds. The number of nitrogens with one attached hydrogen (secondary N) is 1. The summed E-state index contributed by atoms with van der Waals surface area (Å²) in [7, 11) is 4.01. The zero-order valence-corrected chi connectivity index (χ0v) is 14.7. The minimum atomic E-state index is -0.468. The molecule has 0 fully saturated rings. The minimum Gasteiger partial charge on any atom is -0.492 e. The smallest absolute Gasteiger partial charge is 0.237 e. The average Bonchev–Trinajstić information content (AvgIpc) is 2.44. The van der Waals surface area contributed by atoms with E-state index in [1.807, 2.05) is 52.2 Å². The third kappa shape index (κ3) is 7.64. The molecular weight excluding hydrogens is 302 g/mol. The van der Waals surface area contributed by atoms with Gasteiger partial charge in [-0.25, -0.2) is 0 Å². The average molecular weight is 330 g/mol. The molecule has 6 heteroatoms. The topological polar surface area (TPSA) is 67.6 Å². The zero-order valence-electron chi connectivity index (χ0n) is 13.8. The highest BCUT2D eigenvalue weighted by Gasteiger charge is 2.16. The molecule has 126 valence electrons. The van der Waals surface area contributed by atoms with Crippen LogP contribution in [0.2, 0.25) is 0 Å². The second-order valence-electron chi connectivity index (χ2n) is 5.79. The maximum Gasteiger partial charge on any atom is 0.237 e. The van der Waals surface area contributed by atoms with Gasteiger partial charge in [0.25, 0.3) is 0 Å². The van der Waals surface area contributed by atoms with Gasteiger partial charge in [-0.2, -0.15) is 0 Å². The largest absolute Gasteiger partial charge is 0.492 e. The van der Waals surface area contributed by atoms with Crippen LogP contribution >= 0.6 is 12.4 Å². The van der Waals surface area contributed by atoms with Crippen LogP contribution in [0, 0.1) is 5.92 Å². The molecule has 0 aliphatic carbocycles. The molecule has 0 aromatic heterocycles. The molecule has 0 heterocycles. The summed E-state index contributed by atoms with van der Waals surface area (Å²) in [6, 6.07) is 7.27. The fraction of sp³-hybridized carbons (Fsp3) is 0.562. The predicted octanol–water partition coefficient (Wildman–Crippen LogP) is 1.65. The van der Waals surface area contributed by atoms with Crippen molar-refractivity contribution in [2.45, 2.75) is 26.4 Å². The number of amides is 1. The van der Waals surface area contributed by atoms with Crippen molar-refractivity contribution in [2.75, 3.05) is 27.2 Å². The molecule has 0 radical (unpaired) electrons. The predicted molar refractivity (Wildman–Crippen MR) is 92.4 cm³/mol. The lowest BCUT2D eigenvalue weighted by Crippen LogP contribution is -2.43. The summed E-state index contributed by atoms with van der Waals surface area (Å²) in [5.74, 6) is 0.825. The molecule has 5 nitrogen and oxygen atoms in total. The first-order valence-electron chi connectivity index (χ1n) is 7.30. The first-order valence-corrected chi connectivity index (χ1v) is 7.30. The maximum atomic E-state index is 11.8. The van der Waals surface area contributed by atoms with E-state index in [-0.39, 0.29) is 24.2 Å². The lowest BCUT2D eigenvalue weighted by molar-refractivity contribution is -0.123. The van der Waals surface area contributed by atoms with Crippen molar-refractivity contribution in [3.05, 3.63) is 29.8 Å². The highest BCUT2D eigenvalue weighted by Crippen LogP contribution is 2.13. The molecule has 1 aromatic carbocycles. The Morgan fingerprint density at radius 2 is 2.05 bits per heavy atom. The molecule has 0 spiro atoms. The lowest BCUT2D eigenvalue weighted by Gasteiger charge is -2.15. The van der Waals surface area contributed by atoms with Crippen LogP contribution in [-0.4, -0.2) is 44.1 Å². The van der Waals surface area contributed by atoms with Crippen LogP contribution in [-0.2, 0) is 11.3 Å². The number of likely N-dealkylation sites (N-methyl/N-ethyl adjacent to an activating group) is 1. The Balaban J connectivity index is 0.00000441. The monoisotopic (exact) mass is 329 g/mol. The van der Waals surface area contributed by atoms with E-state index in [0.717, 1.165) is 17.9 Å². The third-order valence-corrected chi connectivity index (χ3v) is 3.19. The quantitative estimate of drug-likeness (QED) is 0.761. The Morgan fingerprint density at radius 3 is 2.64 bits per heavy atom. The van der Waals surface area contributed by atoms with Crippen molar-refractivity contribution < 1.29 is 9.53 Å². The normalized spacial score (nSPS) is 12.0. The van der Waals surface area contributed by atoms with Gasteiger partial charge in [0, 0.05) is 13.1 Å². The molecule has 3 N–H and O–H groups in total. The Labute approximate surface area is 139 Å². The molecule has 0 aliphatic heterocycles. The molecule has 0 bridgehead atoms. The number of benzene rings is 1. The number of carbonyl (C=O) groups is 1. The van der Waals surface area contributed by atoms with E-state index in [2.05, 4.69) is 10.2 Å². The van der Waals surface area contributed by atoms with Gasteiger partial charge in [-0.15, -0.1) is 12.4 Å². The molecule has 1 rings (SSSR count). The van der Waals surface area contributed by atoms with Crippen molar-refractivity contribution in [1.29, 1.82) is 0 Å². The summed E-state index contributed by atoms with van der Waals surface area (Å²) in [5.41, 5.74) is 6.81. The molecule has 0 aliphatic rings. The standard InChI is InChI=1S/C16H27N3O2.ClH/c1-12(2)15(17)16(20)18-11-13-6-5-7-14(10-13)21-9-8-19(3)4;/h5-7,10,12,15H,8-9,11,17H2,1-4H3,(H,18,20);1H/t15-;/m0./s1. The van der Waals surface area contributed by atoms with Crippen LogP contribution in [0.1, 0.15) is 19.4 Å². The van der Waals surface area contributed by atoms with E-state index in [1.165, 1.54) is 0 Å². The fourth-order valence-electron chi connectivity index (χ4n) is 1.70. The van der Waals surface area contributed by atoms with E-state index in [0.29, 0.717) is 13.2 Å². The van der Waals surface area contributed by atoms with Gasteiger partial charge in [-0.05, 0) is 37.7 Å². The number of hydrogen-bond acceptors (Lipinski definition) is 4. The maximum absolute atomic E-state index is 11.8. The van der Waals surface area contributed by atoms with E-state index in [9.17, 15) is 4.79 Å². The Hall–Kier alpha value is -1.30. The first-order chi connectivity index (χ1) is 9.90. The number of hydrogen-bond donors (Lipinski definition) is 2. The van der Waals surface area contributed by atoms with E-state index >= 15 is 0 Å². The van der Waals surface area contributed by atoms with Gasteiger partial charge in [-0.1, -0.05) is 26.0 Å². The van der Waals surface area contributed by atoms with Gasteiger partial charge in [0.15, 0.2) is 0 Å². The molecule has 1 aromatic rings. The first kappa shape index (κ1) is 20.7. The van der Waals surface area contributed by atoms with Crippen molar-refractivity contribution in [1.82, 2.24) is 10.2 Å². The highest BCUT2D eigenvalue weighted by molar-refractivity contribution is 5.85. The molecule has 0 saturated carbocycles. The summed E-state index contributed by atoms with van der Waals surface area (Å²) in [6.45, 7) is 5.84. The van der Waals surface area contributed by atoms with Crippen LogP contribution in [0.5, 0.6) is 5.75 Å². The number of nitrogens with two attached hydrogens (primary N) is 1. The number of halogens is 1. The Bertz CT molecular complexity index is 453. The van der Waals surface area contributed by atoms with Gasteiger partial charge in [0.1, 0.15) is 12.4 Å². The van der Waals surface area contributed by atoms with Crippen molar-refractivity contribution in [2.24, 2.45) is 11.7 Å². The summed E-state index contributed by atoms with van der Waals surface area (Å²) in [4.78, 5) is 13.9. The van der Waals surface area contributed by atoms with Crippen molar-refractivity contribution >= 4 is 18.3 Å². The van der Waals surface area contributed by atoms with E-state index in [1.54, 1.807) is 0 Å². The molecule has 22 heavy (non-hydrogen) atoms. The van der Waals surface area contributed by atoms with E-state index < -0.39 is 6.04 Å². The van der Waals surface area contributed by atoms with Crippen molar-refractivity contribution in [3.63, 3.8) is 0 Å². The summed E-state index contributed by atoms with van der Waals surface area (Å²) < 4.78 is 5.67. The number of ether oxygens (including phenoxy) is 1. The lowest BCUT2D eigenvalue weighted by atomic mass is 10.0. The third-order valence-electron chi connectivity index (χ3n) is 3.19. The molecular formula is C16H28ClN3O2. The SMILES string of the molecule is CC(C)[C@H](N)C(=O)NCc1cccc(OCCN(C)C)c1.Cl. The fourth-order valence-corrected chi connectivity index (χ4v) is 1.70. The highest BCUT2D eigenvalue weighted by atomic mass is 35.5. The van der Waals surface area contributed by atoms with Crippen LogP contribution in [0.4, 0.5) is 0 Å². The van der Waals surface area contributed by atoms with Gasteiger partial charge in [0.2, 0.25) is 5.91 Å². The summed E-state index contributed by atoms with van der Waals surface area (Å²) in [5, 5.41) is 2.85. The Morgan fingerprint density at radius 1 is 1.36 bits per heavy atom. The van der Waals surface area contributed by atoms with E-state index in [4.69, 9.17) is 10.5 Å². The molecule has 0 saturated heterocycles. The second-order valence-corrected chi connectivity index (χ2v) is 5.79. The van der Waals surface area contributed by atoms with Crippen LogP contribution in [0.15, 0.2) is 24.3 Å². The molecule has 1 atom stereocenters. The van der Waals surface area contributed by atoms with Crippen LogP contribution in [0.25, 0.3) is 0 Å². The summed E-state index contributed by atoms with van der Waals surface area (Å²) >= 11 is 0. The van der Waals surface area contributed by atoms with Crippen LogP contribution in [0.3, 0.4) is 0 Å². The van der Waals surface area contributed by atoms with Gasteiger partial charge in [0.05, 0.1) is 6.04 Å². The summed E-state index contributed by atoms with van der Waals surface area (Å²) in [6.07, 6.45) is 0. The number of rotatable bonds is 8. The molecule has 0 unspecified atom stereocenters. The van der Waals surface area contributed by atoms with Crippen LogP contribution < -0.4 is 15.8 Å². The van der Waals surface area contributed by atoms with Gasteiger partial charge in [-0.3, -0.25) is 4.79 Å². The number of carbonyl (C=O) groups excluding carboxylic acids is 1. The Kier molecular flexibility index (Phi) is 9.81. The minimum absolute atomic E-state index is 0. The second kappa shape index (κ2) is 10.4. The van der Waals surface area contributed by atoms with Crippen molar-refractivity contribution in [3.8, 4) is 5.75 Å².